The van der Waals surface area contributed by atoms with Gasteiger partial charge in [0.05, 0.1) is 26.3 Å². The largest absolute Gasteiger partial charge is 0.453 e. The summed E-state index contributed by atoms with van der Waals surface area (Å²) < 4.78 is 38.8. The molecule has 0 amide bonds. The third-order valence-electron chi connectivity index (χ3n) is 3.80. The van der Waals surface area contributed by atoms with Crippen LogP contribution in [-0.2, 0) is 6.42 Å². The van der Waals surface area contributed by atoms with Crippen LogP contribution in [0.4, 0.5) is 22.7 Å². The van der Waals surface area contributed by atoms with Gasteiger partial charge < -0.3 is 20.3 Å². The van der Waals surface area contributed by atoms with Crippen LogP contribution in [0, 0.1) is 10.2 Å². The fourth-order valence-electron chi connectivity index (χ4n) is 2.51. The second kappa shape index (κ2) is 7.98. The van der Waals surface area contributed by atoms with Gasteiger partial charge in [-0.2, -0.15) is 14.0 Å². The van der Waals surface area contributed by atoms with Crippen molar-refractivity contribution in [3.8, 4) is 11.5 Å². The van der Waals surface area contributed by atoms with Gasteiger partial charge in [0.2, 0.25) is 0 Å². The summed E-state index contributed by atoms with van der Waals surface area (Å²) >= 11 is 0. The highest BCUT2D eigenvalue weighted by molar-refractivity contribution is 5.86. The van der Waals surface area contributed by atoms with E-state index in [1.54, 1.807) is 0 Å². The molecule has 1 aliphatic rings. The number of anilines is 4. The Hall–Kier alpha value is -2.23. The van der Waals surface area contributed by atoms with Crippen LogP contribution in [0.5, 0.6) is 11.5 Å². The van der Waals surface area contributed by atoms with Gasteiger partial charge in [0.25, 0.3) is 0 Å². The molecule has 9 heteroatoms. The molecular formula is C17H22ClN3O5. The first-order valence-electron chi connectivity index (χ1n) is 7.86. The van der Waals surface area contributed by atoms with Crippen LogP contribution in [0.1, 0.15) is 12.5 Å². The first-order chi connectivity index (χ1) is 12.1. The third kappa shape index (κ3) is 5.13. The Kier molecular flexibility index (Phi) is 6.17. The molecule has 0 fully saturated rings. The maximum atomic E-state index is 8.60. The predicted octanol–water partition coefficient (Wildman–Crippen LogP) is 0.0820. The SMILES string of the molecule is CCc1cc(NC)c2c(c1)Oc1cc(N(C)C)ccc1N2.[O-][Cl+3]([O-])([O-])O. The van der Waals surface area contributed by atoms with Crippen LogP contribution >= 0.6 is 0 Å². The van der Waals surface area contributed by atoms with Crippen LogP contribution < -0.4 is 34.2 Å². The summed E-state index contributed by atoms with van der Waals surface area (Å²) in [6.07, 6.45) is 0.982. The van der Waals surface area contributed by atoms with Gasteiger partial charge in [0, 0.05) is 32.9 Å². The summed E-state index contributed by atoms with van der Waals surface area (Å²) in [4.78, 5) is 2.07. The average Bonchev–Trinajstić information content (AvgIpc) is 2.56. The van der Waals surface area contributed by atoms with Crippen LogP contribution in [0.25, 0.3) is 0 Å². The highest BCUT2D eigenvalue weighted by atomic mass is 35.7. The van der Waals surface area contributed by atoms with Crippen LogP contribution in [0.15, 0.2) is 30.3 Å². The molecule has 1 heterocycles. The summed E-state index contributed by atoms with van der Waals surface area (Å²) in [6.45, 7) is 2.15. The van der Waals surface area contributed by atoms with E-state index >= 15 is 0 Å². The predicted molar refractivity (Wildman–Crippen MR) is 91.7 cm³/mol. The van der Waals surface area contributed by atoms with Crippen molar-refractivity contribution < 1.29 is 33.6 Å². The number of nitrogens with zero attached hydrogens (tertiary/aromatic N) is 1. The molecule has 1 aliphatic heterocycles. The van der Waals surface area contributed by atoms with Gasteiger partial charge in [-0.05, 0) is 36.2 Å². The zero-order valence-electron chi connectivity index (χ0n) is 15.0. The van der Waals surface area contributed by atoms with Crippen molar-refractivity contribution in [2.45, 2.75) is 13.3 Å². The zero-order chi connectivity index (χ0) is 19.5. The molecule has 2 aromatic carbocycles. The highest BCUT2D eigenvalue weighted by Gasteiger charge is 2.20. The molecule has 8 nitrogen and oxygen atoms in total. The Morgan fingerprint density at radius 1 is 1.15 bits per heavy atom. The van der Waals surface area contributed by atoms with E-state index in [1.807, 2.05) is 21.1 Å². The van der Waals surface area contributed by atoms with Gasteiger partial charge in [-0.15, -0.1) is 0 Å². The summed E-state index contributed by atoms with van der Waals surface area (Å²) in [5, 5.41) is 6.71. The van der Waals surface area contributed by atoms with E-state index < -0.39 is 10.2 Å². The standard InChI is InChI=1S/C17H21N3O.ClHO4/c1-5-11-8-14(18-2)17-16(9-11)21-15-10-12(20(3)4)6-7-13(15)19-17;2-1(3,4)5/h6-10,18-19H,5H2,1-4H3;(H,2,3,4,5). The topological polar surface area (TPSA) is 126 Å². The molecule has 0 aromatic heterocycles. The molecule has 0 aliphatic carbocycles. The third-order valence-corrected chi connectivity index (χ3v) is 3.80. The number of hydrogen-bond acceptors (Lipinski definition) is 8. The molecule has 142 valence electrons. The Balaban J connectivity index is 0.000000431. The summed E-state index contributed by atoms with van der Waals surface area (Å²) in [6, 6.07) is 10.5. The van der Waals surface area contributed by atoms with Gasteiger partial charge in [-0.3, -0.25) is 0 Å². The average molecular weight is 384 g/mol. The van der Waals surface area contributed by atoms with Crippen molar-refractivity contribution in [1.82, 2.24) is 0 Å². The molecule has 0 unspecified atom stereocenters. The molecule has 3 N–H and O–H groups in total. The number of nitrogens with one attached hydrogen (secondary N) is 2. The van der Waals surface area contributed by atoms with Crippen molar-refractivity contribution in [3.63, 3.8) is 0 Å². The lowest BCUT2D eigenvalue weighted by Crippen LogP contribution is -2.58. The zero-order valence-corrected chi connectivity index (χ0v) is 15.8. The Bertz CT molecular complexity index is 772. The van der Waals surface area contributed by atoms with E-state index in [0.29, 0.717) is 0 Å². The van der Waals surface area contributed by atoms with E-state index in [1.165, 1.54) is 5.56 Å². The maximum Gasteiger partial charge on any atom is 0.153 e. The summed E-state index contributed by atoms with van der Waals surface area (Å²) in [5.74, 6) is 1.74. The molecule has 0 bridgehead atoms. The highest BCUT2D eigenvalue weighted by Crippen LogP contribution is 2.47. The summed E-state index contributed by atoms with van der Waals surface area (Å²) in [7, 11) is 1.29. The fraction of sp³-hybridized carbons (Fsp3) is 0.294. The Morgan fingerprint density at radius 3 is 2.35 bits per heavy atom. The smallest absolute Gasteiger partial charge is 0.153 e. The normalized spacial score (nSPS) is 11.8. The fourth-order valence-corrected chi connectivity index (χ4v) is 2.51. The van der Waals surface area contributed by atoms with Crippen LogP contribution in [0.3, 0.4) is 0 Å². The number of rotatable bonds is 3. The molecular weight excluding hydrogens is 362 g/mol. The van der Waals surface area contributed by atoms with Gasteiger partial charge in [-0.1, -0.05) is 6.92 Å². The minimum absolute atomic E-state index is 0.865. The maximum absolute atomic E-state index is 8.60. The van der Waals surface area contributed by atoms with Crippen LogP contribution in [-0.4, -0.2) is 25.8 Å². The quantitative estimate of drug-likeness (QED) is 0.580. The lowest BCUT2D eigenvalue weighted by molar-refractivity contribution is -1.92. The van der Waals surface area contributed by atoms with Crippen molar-refractivity contribution in [2.75, 3.05) is 36.7 Å². The van der Waals surface area contributed by atoms with Gasteiger partial charge in [0.1, 0.15) is 5.69 Å². The molecule has 3 rings (SSSR count). The number of benzene rings is 2. The number of halogens is 1. The lowest BCUT2D eigenvalue weighted by atomic mass is 10.1. The molecule has 0 radical (unpaired) electrons. The number of ether oxygens (including phenoxy) is 1. The Labute approximate surface area is 154 Å². The number of aryl methyl sites for hydroxylation is 1. The monoisotopic (exact) mass is 383 g/mol. The number of hydrogen-bond donors (Lipinski definition) is 3. The molecule has 2 aromatic rings. The second-order valence-corrected chi connectivity index (χ2v) is 6.61. The Morgan fingerprint density at radius 2 is 1.81 bits per heavy atom. The van der Waals surface area contributed by atoms with E-state index in [-0.39, 0.29) is 0 Å². The molecule has 0 saturated carbocycles. The van der Waals surface area contributed by atoms with Gasteiger partial charge >= 0.3 is 0 Å². The van der Waals surface area contributed by atoms with E-state index in [0.717, 1.165) is 40.7 Å². The minimum atomic E-state index is -4.69. The molecule has 26 heavy (non-hydrogen) atoms. The molecule has 0 spiro atoms. The summed E-state index contributed by atoms with van der Waals surface area (Å²) in [5.41, 5.74) is 5.44. The van der Waals surface area contributed by atoms with E-state index in [9.17, 15) is 0 Å². The lowest BCUT2D eigenvalue weighted by Gasteiger charge is -2.26. The van der Waals surface area contributed by atoms with Crippen molar-refractivity contribution in [3.05, 3.63) is 35.9 Å². The molecule has 0 saturated heterocycles. The van der Waals surface area contributed by atoms with Crippen molar-refractivity contribution in [2.24, 2.45) is 0 Å². The number of fused-ring (bicyclic) bond motifs is 2. The van der Waals surface area contributed by atoms with Gasteiger partial charge in [0.15, 0.2) is 11.5 Å². The van der Waals surface area contributed by atoms with E-state index in [2.05, 4.69) is 52.8 Å². The molecule has 0 atom stereocenters. The van der Waals surface area contributed by atoms with Crippen LogP contribution in [0.2, 0.25) is 0 Å². The second-order valence-electron chi connectivity index (χ2n) is 5.82. The minimum Gasteiger partial charge on any atom is -0.453 e. The first kappa shape index (κ1) is 20.1. The first-order valence-corrected chi connectivity index (χ1v) is 9.13. The van der Waals surface area contributed by atoms with Gasteiger partial charge in [-0.25, -0.2) is 0 Å². The van der Waals surface area contributed by atoms with E-state index in [4.69, 9.17) is 23.4 Å². The van der Waals surface area contributed by atoms with Crippen molar-refractivity contribution in [1.29, 1.82) is 0 Å². The van der Waals surface area contributed by atoms with Crippen molar-refractivity contribution >= 4 is 22.7 Å².